The lowest BCUT2D eigenvalue weighted by Crippen LogP contribution is -2.37. The van der Waals surface area contributed by atoms with Gasteiger partial charge in [-0.1, -0.05) is 16.8 Å². The number of rotatable bonds is 4. The van der Waals surface area contributed by atoms with Gasteiger partial charge >= 0.3 is 5.97 Å². The Bertz CT molecular complexity index is 678. The summed E-state index contributed by atoms with van der Waals surface area (Å²) in [5.41, 5.74) is 0.848. The van der Waals surface area contributed by atoms with Crippen molar-refractivity contribution in [3.63, 3.8) is 0 Å². The Labute approximate surface area is 139 Å². The molecule has 0 spiro atoms. The van der Waals surface area contributed by atoms with E-state index in [4.69, 9.17) is 21.2 Å². The third kappa shape index (κ3) is 3.54. The Kier molecular flexibility index (Phi) is 4.63. The van der Waals surface area contributed by atoms with Crippen molar-refractivity contribution in [2.75, 3.05) is 13.1 Å². The largest absolute Gasteiger partial charge is 0.481 e. The molecule has 2 heterocycles. The van der Waals surface area contributed by atoms with Crippen molar-refractivity contribution in [2.24, 2.45) is 5.92 Å². The van der Waals surface area contributed by atoms with Gasteiger partial charge in [-0.05, 0) is 57.1 Å². The molecule has 2 aromatic rings. The molecular formula is C16H18ClN3O3. The molecular weight excluding hydrogens is 318 g/mol. The zero-order chi connectivity index (χ0) is 16.4. The lowest BCUT2D eigenvalue weighted by Gasteiger charge is -2.32. The number of aromatic nitrogens is 2. The van der Waals surface area contributed by atoms with Crippen LogP contribution in [-0.2, 0) is 4.79 Å². The third-order valence-electron chi connectivity index (χ3n) is 4.33. The van der Waals surface area contributed by atoms with E-state index in [1.807, 2.05) is 19.1 Å². The van der Waals surface area contributed by atoms with E-state index in [0.717, 1.165) is 18.7 Å². The molecule has 3 rings (SSSR count). The molecule has 0 bridgehead atoms. The minimum atomic E-state index is -0.708. The number of carboxylic acids is 1. The van der Waals surface area contributed by atoms with Gasteiger partial charge in [0.05, 0.1) is 12.0 Å². The molecule has 1 aliphatic heterocycles. The molecule has 1 atom stereocenters. The highest BCUT2D eigenvalue weighted by Crippen LogP contribution is 2.27. The van der Waals surface area contributed by atoms with Crippen LogP contribution in [0.2, 0.25) is 5.02 Å². The lowest BCUT2D eigenvalue weighted by molar-refractivity contribution is -0.143. The van der Waals surface area contributed by atoms with Crippen molar-refractivity contribution < 1.29 is 14.4 Å². The van der Waals surface area contributed by atoms with Crippen molar-refractivity contribution in [3.8, 4) is 11.4 Å². The maximum Gasteiger partial charge on any atom is 0.306 e. The lowest BCUT2D eigenvalue weighted by atomic mass is 9.96. The summed E-state index contributed by atoms with van der Waals surface area (Å²) < 4.78 is 5.39. The maximum atomic E-state index is 11.0. The fourth-order valence-corrected chi connectivity index (χ4v) is 2.94. The molecule has 7 heteroatoms. The van der Waals surface area contributed by atoms with Gasteiger partial charge in [0.15, 0.2) is 0 Å². The Morgan fingerprint density at radius 3 is 2.61 bits per heavy atom. The molecule has 0 radical (unpaired) electrons. The smallest absolute Gasteiger partial charge is 0.306 e. The predicted octanol–water partition coefficient (Wildman–Crippen LogP) is 3.25. The van der Waals surface area contributed by atoms with Crippen LogP contribution in [0.4, 0.5) is 0 Å². The van der Waals surface area contributed by atoms with Gasteiger partial charge in [-0.15, -0.1) is 0 Å². The van der Waals surface area contributed by atoms with Crippen LogP contribution in [0.25, 0.3) is 11.4 Å². The molecule has 1 aliphatic rings. The molecule has 6 nitrogen and oxygen atoms in total. The first kappa shape index (κ1) is 16.0. The fraction of sp³-hybridized carbons (Fsp3) is 0.438. The second-order valence-electron chi connectivity index (χ2n) is 5.79. The first-order valence-corrected chi connectivity index (χ1v) is 7.99. The van der Waals surface area contributed by atoms with Crippen LogP contribution in [0.1, 0.15) is 31.7 Å². The van der Waals surface area contributed by atoms with Crippen LogP contribution in [0.3, 0.4) is 0 Å². The Morgan fingerprint density at radius 2 is 2.00 bits per heavy atom. The minimum Gasteiger partial charge on any atom is -0.481 e. The molecule has 0 saturated carbocycles. The maximum absolute atomic E-state index is 11.0. The zero-order valence-corrected chi connectivity index (χ0v) is 13.5. The first-order chi connectivity index (χ1) is 11.0. The molecule has 1 N–H and O–H groups in total. The number of carbonyl (C=O) groups is 1. The standard InChI is InChI=1S/C16H18ClN3O3/c1-10(20-8-6-12(7-9-20)16(21)22)15-18-14(19-23-15)11-2-4-13(17)5-3-11/h2-5,10,12H,6-9H2,1H3,(H,21,22). The molecule has 1 fully saturated rings. The highest BCUT2D eigenvalue weighted by Gasteiger charge is 2.29. The summed E-state index contributed by atoms with van der Waals surface area (Å²) in [5, 5.41) is 13.7. The van der Waals surface area contributed by atoms with Crippen LogP contribution < -0.4 is 0 Å². The highest BCUT2D eigenvalue weighted by atomic mass is 35.5. The topological polar surface area (TPSA) is 79.5 Å². The summed E-state index contributed by atoms with van der Waals surface area (Å²) >= 11 is 5.88. The summed E-state index contributed by atoms with van der Waals surface area (Å²) in [6.45, 7) is 3.44. The van der Waals surface area contributed by atoms with Crippen molar-refractivity contribution in [1.29, 1.82) is 0 Å². The van der Waals surface area contributed by atoms with E-state index in [2.05, 4.69) is 15.0 Å². The van der Waals surface area contributed by atoms with Gasteiger partial charge in [0.2, 0.25) is 11.7 Å². The Hall–Kier alpha value is -1.92. The average molecular weight is 336 g/mol. The second-order valence-corrected chi connectivity index (χ2v) is 6.22. The number of nitrogens with zero attached hydrogens (tertiary/aromatic N) is 3. The van der Waals surface area contributed by atoms with E-state index in [1.54, 1.807) is 12.1 Å². The van der Waals surface area contributed by atoms with E-state index in [-0.39, 0.29) is 12.0 Å². The highest BCUT2D eigenvalue weighted by molar-refractivity contribution is 6.30. The molecule has 0 aliphatic carbocycles. The van der Waals surface area contributed by atoms with Gasteiger partial charge in [0, 0.05) is 10.6 Å². The van der Waals surface area contributed by atoms with Crippen molar-refractivity contribution >= 4 is 17.6 Å². The quantitative estimate of drug-likeness (QED) is 0.923. The second kappa shape index (κ2) is 6.68. The van der Waals surface area contributed by atoms with E-state index in [1.165, 1.54) is 0 Å². The van der Waals surface area contributed by atoms with Crippen molar-refractivity contribution in [1.82, 2.24) is 15.0 Å². The van der Waals surface area contributed by atoms with E-state index in [0.29, 0.717) is 29.6 Å². The van der Waals surface area contributed by atoms with Crippen LogP contribution in [0.15, 0.2) is 28.8 Å². The van der Waals surface area contributed by atoms with Gasteiger partial charge < -0.3 is 9.63 Å². The summed E-state index contributed by atoms with van der Waals surface area (Å²) in [6, 6.07) is 7.23. The molecule has 1 saturated heterocycles. The summed E-state index contributed by atoms with van der Waals surface area (Å²) in [5.74, 6) is 0.124. The van der Waals surface area contributed by atoms with Gasteiger partial charge in [-0.3, -0.25) is 9.69 Å². The molecule has 1 aromatic heterocycles. The molecule has 122 valence electrons. The number of aliphatic carboxylic acids is 1. The zero-order valence-electron chi connectivity index (χ0n) is 12.8. The summed E-state index contributed by atoms with van der Waals surface area (Å²) in [4.78, 5) is 17.7. The Morgan fingerprint density at radius 1 is 1.35 bits per heavy atom. The minimum absolute atomic E-state index is 0.0294. The molecule has 0 amide bonds. The summed E-state index contributed by atoms with van der Waals surface area (Å²) in [6.07, 6.45) is 1.30. The number of likely N-dealkylation sites (tertiary alicyclic amines) is 1. The van der Waals surface area contributed by atoms with Crippen LogP contribution in [-0.4, -0.2) is 39.2 Å². The van der Waals surface area contributed by atoms with Crippen LogP contribution in [0, 0.1) is 5.92 Å². The van der Waals surface area contributed by atoms with Crippen LogP contribution in [0.5, 0.6) is 0 Å². The first-order valence-electron chi connectivity index (χ1n) is 7.61. The van der Waals surface area contributed by atoms with E-state index >= 15 is 0 Å². The summed E-state index contributed by atoms with van der Waals surface area (Å²) in [7, 11) is 0. The number of hydrogen-bond acceptors (Lipinski definition) is 5. The predicted molar refractivity (Wildman–Crippen MR) is 85.1 cm³/mol. The van der Waals surface area contributed by atoms with E-state index in [9.17, 15) is 4.79 Å². The number of hydrogen-bond donors (Lipinski definition) is 1. The molecule has 23 heavy (non-hydrogen) atoms. The van der Waals surface area contributed by atoms with Crippen LogP contribution >= 0.6 is 11.6 Å². The van der Waals surface area contributed by atoms with Gasteiger partial charge in [0.1, 0.15) is 0 Å². The molecule has 1 unspecified atom stereocenters. The number of piperidine rings is 1. The monoisotopic (exact) mass is 335 g/mol. The number of halogens is 1. The molecule has 1 aromatic carbocycles. The SMILES string of the molecule is CC(c1nc(-c2ccc(Cl)cc2)no1)N1CCC(C(=O)O)CC1. The number of benzene rings is 1. The Balaban J connectivity index is 1.68. The normalized spacial score (nSPS) is 18.0. The average Bonchev–Trinajstić information content (AvgIpc) is 3.05. The third-order valence-corrected chi connectivity index (χ3v) is 4.58. The fourth-order valence-electron chi connectivity index (χ4n) is 2.81. The van der Waals surface area contributed by atoms with E-state index < -0.39 is 5.97 Å². The van der Waals surface area contributed by atoms with Crippen molar-refractivity contribution in [2.45, 2.75) is 25.8 Å². The number of carboxylic acid groups (broad SMARTS) is 1. The van der Waals surface area contributed by atoms with Crippen molar-refractivity contribution in [3.05, 3.63) is 35.2 Å². The van der Waals surface area contributed by atoms with Gasteiger partial charge in [-0.2, -0.15) is 4.98 Å². The van der Waals surface area contributed by atoms with Gasteiger partial charge in [-0.25, -0.2) is 0 Å². The van der Waals surface area contributed by atoms with Gasteiger partial charge in [0.25, 0.3) is 0 Å².